The Bertz CT molecular complexity index is 1450. The summed E-state index contributed by atoms with van der Waals surface area (Å²) in [5, 5.41) is 4.46. The largest absolute Gasteiger partial charge is 0.497 e. The van der Waals surface area contributed by atoms with Crippen molar-refractivity contribution >= 4 is 34.4 Å². The zero-order valence-electron chi connectivity index (χ0n) is 22.7. The predicted octanol–water partition coefficient (Wildman–Crippen LogP) is 4.25. The third-order valence-corrected chi connectivity index (χ3v) is 7.87. The van der Waals surface area contributed by atoms with E-state index in [1.807, 2.05) is 34.9 Å². The average Bonchev–Trinajstić information content (AvgIpc) is 3.21. The normalized spacial score (nSPS) is 20.4. The first-order valence-electron chi connectivity index (χ1n) is 13.4. The number of hydrogen-bond acceptors (Lipinski definition) is 7. The standard InChI is InChI=1S/C30H36N4O5/c1-30(2)14-25-28(22-13-20(38-3)9-11-24(22)34(25)26(35)15-30)17-4-10-21(29(32)37)23(12-17)33-18-5-7-19(8-6-18)39-27(36)16-31/h4,9-13,18-19,33H,5-8,14-16,31H2,1-3H3,(H2,32,37)/t18-,19-. The third kappa shape index (κ3) is 5.23. The van der Waals surface area contributed by atoms with Crippen LogP contribution in [0, 0.1) is 5.41 Å². The van der Waals surface area contributed by atoms with E-state index in [1.165, 1.54) is 0 Å². The van der Waals surface area contributed by atoms with Crippen molar-refractivity contribution in [2.24, 2.45) is 16.9 Å². The van der Waals surface area contributed by atoms with Gasteiger partial charge in [-0.15, -0.1) is 0 Å². The first-order valence-corrected chi connectivity index (χ1v) is 13.4. The maximum absolute atomic E-state index is 13.3. The van der Waals surface area contributed by atoms with Crippen molar-refractivity contribution in [3.63, 3.8) is 0 Å². The quantitative estimate of drug-likeness (QED) is 0.387. The van der Waals surface area contributed by atoms with Crippen molar-refractivity contribution in [3.8, 4) is 16.9 Å². The Morgan fingerprint density at radius 2 is 1.82 bits per heavy atom. The summed E-state index contributed by atoms with van der Waals surface area (Å²) in [6, 6.07) is 11.5. The molecule has 0 radical (unpaired) electrons. The molecule has 2 aliphatic rings. The fraction of sp³-hybridized carbons (Fsp3) is 0.433. The van der Waals surface area contributed by atoms with Crippen LogP contribution in [0.5, 0.6) is 5.75 Å². The van der Waals surface area contributed by atoms with Gasteiger partial charge in [-0.2, -0.15) is 0 Å². The maximum Gasteiger partial charge on any atom is 0.319 e. The van der Waals surface area contributed by atoms with Crippen LogP contribution < -0.4 is 21.5 Å². The lowest BCUT2D eigenvalue weighted by Gasteiger charge is -2.31. The van der Waals surface area contributed by atoms with Gasteiger partial charge >= 0.3 is 5.97 Å². The van der Waals surface area contributed by atoms with Gasteiger partial charge in [0.05, 0.1) is 24.7 Å². The Labute approximate surface area is 227 Å². The number of hydrogen-bond donors (Lipinski definition) is 3. The number of carbonyl (C=O) groups excluding carboxylic acids is 3. The second-order valence-electron chi connectivity index (χ2n) is 11.4. The van der Waals surface area contributed by atoms with Gasteiger partial charge in [0.25, 0.3) is 5.91 Å². The summed E-state index contributed by atoms with van der Waals surface area (Å²) in [5.41, 5.74) is 15.7. The van der Waals surface area contributed by atoms with E-state index in [0.29, 0.717) is 36.3 Å². The summed E-state index contributed by atoms with van der Waals surface area (Å²) < 4.78 is 12.8. The molecular weight excluding hydrogens is 496 g/mol. The Morgan fingerprint density at radius 1 is 1.08 bits per heavy atom. The van der Waals surface area contributed by atoms with E-state index in [0.717, 1.165) is 47.0 Å². The first kappa shape index (κ1) is 26.7. The summed E-state index contributed by atoms with van der Waals surface area (Å²) in [6.45, 7) is 4.10. The average molecular weight is 533 g/mol. The topological polar surface area (TPSA) is 139 Å². The van der Waals surface area contributed by atoms with Crippen LogP contribution >= 0.6 is 0 Å². The highest BCUT2D eigenvalue weighted by Crippen LogP contribution is 2.44. The highest BCUT2D eigenvalue weighted by molar-refractivity contribution is 6.06. The van der Waals surface area contributed by atoms with E-state index in [2.05, 4.69) is 19.2 Å². The number of esters is 1. The van der Waals surface area contributed by atoms with Gasteiger partial charge in [0.1, 0.15) is 11.9 Å². The van der Waals surface area contributed by atoms with E-state index in [1.54, 1.807) is 13.2 Å². The van der Waals surface area contributed by atoms with Crippen LogP contribution in [0.25, 0.3) is 22.0 Å². The number of anilines is 1. The Morgan fingerprint density at radius 3 is 2.49 bits per heavy atom. The number of rotatable bonds is 7. The van der Waals surface area contributed by atoms with Crippen molar-refractivity contribution < 1.29 is 23.9 Å². The van der Waals surface area contributed by atoms with Crippen LogP contribution in [-0.4, -0.2) is 48.2 Å². The molecule has 3 aromatic rings. The van der Waals surface area contributed by atoms with Gasteiger partial charge in [-0.3, -0.25) is 19.0 Å². The molecule has 0 saturated heterocycles. The molecule has 0 atom stereocenters. The summed E-state index contributed by atoms with van der Waals surface area (Å²) in [4.78, 5) is 37.3. The van der Waals surface area contributed by atoms with Crippen LogP contribution in [0.15, 0.2) is 36.4 Å². The van der Waals surface area contributed by atoms with Crippen molar-refractivity contribution in [2.75, 3.05) is 19.0 Å². The minimum Gasteiger partial charge on any atom is -0.497 e. The zero-order chi connectivity index (χ0) is 27.9. The van der Waals surface area contributed by atoms with Crippen LogP contribution in [0.4, 0.5) is 5.69 Å². The number of nitrogens with zero attached hydrogens (tertiary/aromatic N) is 1. The number of benzene rings is 2. The number of ether oxygens (including phenoxy) is 2. The Balaban J connectivity index is 1.55. The number of amides is 1. The summed E-state index contributed by atoms with van der Waals surface area (Å²) in [5.74, 6) is -0.132. The van der Waals surface area contributed by atoms with E-state index in [4.69, 9.17) is 20.9 Å². The zero-order valence-corrected chi connectivity index (χ0v) is 22.7. The van der Waals surface area contributed by atoms with E-state index in [-0.39, 0.29) is 30.0 Å². The molecule has 1 saturated carbocycles. The van der Waals surface area contributed by atoms with Gasteiger partial charge in [0, 0.05) is 34.8 Å². The molecule has 2 heterocycles. The summed E-state index contributed by atoms with van der Waals surface area (Å²) in [6.07, 6.45) is 4.03. The number of nitrogens with one attached hydrogen (secondary N) is 1. The second kappa shape index (κ2) is 10.4. The number of carbonyl (C=O) groups is 3. The lowest BCUT2D eigenvalue weighted by Crippen LogP contribution is -2.33. The van der Waals surface area contributed by atoms with Gasteiger partial charge in [0.2, 0.25) is 5.91 Å². The van der Waals surface area contributed by atoms with Gasteiger partial charge in [-0.05, 0) is 73.4 Å². The monoisotopic (exact) mass is 532 g/mol. The molecule has 2 aromatic carbocycles. The van der Waals surface area contributed by atoms with E-state index >= 15 is 0 Å². The Kier molecular flexibility index (Phi) is 7.11. The summed E-state index contributed by atoms with van der Waals surface area (Å²) in [7, 11) is 1.63. The van der Waals surface area contributed by atoms with Crippen LogP contribution in [0.3, 0.4) is 0 Å². The number of fused-ring (bicyclic) bond motifs is 3. The third-order valence-electron chi connectivity index (χ3n) is 7.87. The molecular formula is C30H36N4O5. The lowest BCUT2D eigenvalue weighted by atomic mass is 9.80. The highest BCUT2D eigenvalue weighted by Gasteiger charge is 2.35. The van der Waals surface area contributed by atoms with Gasteiger partial charge < -0.3 is 26.3 Å². The second-order valence-corrected chi connectivity index (χ2v) is 11.4. The molecule has 5 N–H and O–H groups in total. The Hall–Kier alpha value is -3.85. The first-order chi connectivity index (χ1) is 18.6. The van der Waals surface area contributed by atoms with Crippen molar-refractivity contribution in [1.29, 1.82) is 0 Å². The molecule has 5 rings (SSSR count). The molecule has 1 aliphatic carbocycles. The molecule has 9 heteroatoms. The van der Waals surface area contributed by atoms with Gasteiger partial charge in [0.15, 0.2) is 0 Å². The lowest BCUT2D eigenvalue weighted by molar-refractivity contribution is -0.148. The molecule has 1 aliphatic heterocycles. The van der Waals surface area contributed by atoms with Crippen LogP contribution in [0.2, 0.25) is 0 Å². The summed E-state index contributed by atoms with van der Waals surface area (Å²) >= 11 is 0. The molecule has 206 valence electrons. The molecule has 0 bridgehead atoms. The van der Waals surface area contributed by atoms with Gasteiger partial charge in [-0.1, -0.05) is 19.9 Å². The number of methoxy groups -OCH3 is 1. The van der Waals surface area contributed by atoms with E-state index < -0.39 is 11.9 Å². The number of nitrogens with two attached hydrogens (primary N) is 2. The molecule has 9 nitrogen and oxygen atoms in total. The van der Waals surface area contributed by atoms with Gasteiger partial charge in [-0.25, -0.2) is 0 Å². The highest BCUT2D eigenvalue weighted by atomic mass is 16.5. The SMILES string of the molecule is COc1ccc2c(c1)c(-c1ccc(C(N)=O)c(N[C@H]3CC[C@H](OC(=O)CN)CC3)c1)c1n2C(=O)CC(C)(C)C1. The smallest absolute Gasteiger partial charge is 0.319 e. The maximum atomic E-state index is 13.3. The van der Waals surface area contributed by atoms with Crippen molar-refractivity contribution in [1.82, 2.24) is 4.57 Å². The minimum atomic E-state index is -0.517. The number of primary amides is 1. The van der Waals surface area contributed by atoms with Crippen molar-refractivity contribution in [2.45, 2.75) is 64.5 Å². The van der Waals surface area contributed by atoms with Crippen molar-refractivity contribution in [3.05, 3.63) is 47.7 Å². The molecule has 0 unspecified atom stereocenters. The molecule has 1 aromatic heterocycles. The molecule has 0 spiro atoms. The van der Waals surface area contributed by atoms with E-state index in [9.17, 15) is 14.4 Å². The molecule has 1 amide bonds. The number of aromatic nitrogens is 1. The van der Waals surface area contributed by atoms with Crippen LogP contribution in [-0.2, 0) is 16.0 Å². The predicted molar refractivity (Wildman–Crippen MR) is 150 cm³/mol. The fourth-order valence-corrected chi connectivity index (χ4v) is 6.04. The molecule has 39 heavy (non-hydrogen) atoms. The minimum absolute atomic E-state index is 0.0712. The van der Waals surface area contributed by atoms with Crippen LogP contribution in [0.1, 0.15) is 66.8 Å². The fourth-order valence-electron chi connectivity index (χ4n) is 6.04. The molecule has 1 fully saturated rings.